The van der Waals surface area contributed by atoms with Gasteiger partial charge in [0.2, 0.25) is 0 Å². The number of carbonyl (C=O) groups excluding carboxylic acids is 3. The number of ketones is 1. The average molecular weight is 453 g/mol. The summed E-state index contributed by atoms with van der Waals surface area (Å²) in [6, 6.07) is 9.33. The maximum absolute atomic E-state index is 13.6. The standard InChI is InChI=1S/C25H28N2O6/c1-6-32-25(30)22-15(2)21(16(3)26-22)23(28)17(4)27(14-20-8-7-13-33-20)24(29)18-9-11-19(31-5)12-10-18/h7-13,17,26H,6,14H2,1-5H3/t17-/m1/s1. The summed E-state index contributed by atoms with van der Waals surface area (Å²) in [6.45, 7) is 7.13. The van der Waals surface area contributed by atoms with E-state index in [0.717, 1.165) is 0 Å². The first-order valence-corrected chi connectivity index (χ1v) is 10.7. The molecule has 0 saturated heterocycles. The predicted octanol–water partition coefficient (Wildman–Crippen LogP) is 4.32. The number of hydrogen-bond donors (Lipinski definition) is 1. The molecule has 2 aromatic heterocycles. The molecule has 174 valence electrons. The Morgan fingerprint density at radius 1 is 1.12 bits per heavy atom. The summed E-state index contributed by atoms with van der Waals surface area (Å²) in [5.41, 5.74) is 2.07. The SMILES string of the molecule is CCOC(=O)c1[nH]c(C)c(C(=O)[C@@H](C)N(Cc2ccco2)C(=O)c2ccc(OC)cc2)c1C. The predicted molar refractivity (Wildman–Crippen MR) is 122 cm³/mol. The van der Waals surface area contributed by atoms with Crippen molar-refractivity contribution in [1.82, 2.24) is 9.88 Å². The van der Waals surface area contributed by atoms with Crippen LogP contribution in [0.2, 0.25) is 0 Å². The third kappa shape index (κ3) is 5.00. The molecule has 8 heteroatoms. The Balaban J connectivity index is 1.95. The van der Waals surface area contributed by atoms with Crippen molar-refractivity contribution in [3.8, 4) is 5.75 Å². The Labute approximate surface area is 192 Å². The molecule has 1 atom stereocenters. The fraction of sp³-hybridized carbons (Fsp3) is 0.320. The summed E-state index contributed by atoms with van der Waals surface area (Å²) < 4.78 is 15.7. The zero-order valence-electron chi connectivity index (χ0n) is 19.4. The van der Waals surface area contributed by atoms with Gasteiger partial charge < -0.3 is 23.8 Å². The van der Waals surface area contributed by atoms with Crippen molar-refractivity contribution in [3.63, 3.8) is 0 Å². The molecule has 0 fully saturated rings. The fourth-order valence-corrected chi connectivity index (χ4v) is 3.73. The molecule has 1 N–H and O–H groups in total. The number of hydrogen-bond acceptors (Lipinski definition) is 6. The van der Waals surface area contributed by atoms with Gasteiger partial charge in [-0.15, -0.1) is 0 Å². The minimum absolute atomic E-state index is 0.109. The molecule has 8 nitrogen and oxygen atoms in total. The maximum atomic E-state index is 13.6. The summed E-state index contributed by atoms with van der Waals surface area (Å²) in [4.78, 5) is 43.7. The highest BCUT2D eigenvalue weighted by Gasteiger charge is 2.32. The Hall–Kier alpha value is -3.81. The Kier molecular flexibility index (Phi) is 7.37. The second kappa shape index (κ2) is 10.2. The molecule has 0 saturated carbocycles. The number of furan rings is 1. The summed E-state index contributed by atoms with van der Waals surface area (Å²) in [5, 5.41) is 0. The van der Waals surface area contributed by atoms with Crippen LogP contribution in [0, 0.1) is 13.8 Å². The Morgan fingerprint density at radius 2 is 1.82 bits per heavy atom. The number of ether oxygens (including phenoxy) is 2. The van der Waals surface area contributed by atoms with Crippen molar-refractivity contribution in [1.29, 1.82) is 0 Å². The van der Waals surface area contributed by atoms with Gasteiger partial charge in [-0.3, -0.25) is 9.59 Å². The lowest BCUT2D eigenvalue weighted by molar-refractivity contribution is 0.0518. The highest BCUT2D eigenvalue weighted by atomic mass is 16.5. The number of carbonyl (C=O) groups is 3. The van der Waals surface area contributed by atoms with E-state index in [2.05, 4.69) is 4.98 Å². The molecule has 33 heavy (non-hydrogen) atoms. The lowest BCUT2D eigenvalue weighted by atomic mass is 9.99. The molecule has 0 aliphatic rings. The van der Waals surface area contributed by atoms with E-state index in [1.54, 1.807) is 71.2 Å². The van der Waals surface area contributed by atoms with Crippen LogP contribution in [0.1, 0.15) is 62.1 Å². The van der Waals surface area contributed by atoms with E-state index < -0.39 is 12.0 Å². The molecule has 3 rings (SSSR count). The molecule has 0 bridgehead atoms. The first kappa shape index (κ1) is 23.8. The number of nitrogens with zero attached hydrogens (tertiary/aromatic N) is 1. The van der Waals surface area contributed by atoms with E-state index in [9.17, 15) is 14.4 Å². The highest BCUT2D eigenvalue weighted by molar-refractivity contribution is 6.07. The Bertz CT molecular complexity index is 1130. The summed E-state index contributed by atoms with van der Waals surface area (Å²) in [7, 11) is 1.55. The topological polar surface area (TPSA) is 102 Å². The number of benzene rings is 1. The van der Waals surface area contributed by atoms with E-state index in [1.807, 2.05) is 0 Å². The van der Waals surface area contributed by atoms with Gasteiger partial charge in [-0.25, -0.2) is 4.79 Å². The monoisotopic (exact) mass is 452 g/mol. The second-order valence-corrected chi connectivity index (χ2v) is 7.63. The van der Waals surface area contributed by atoms with Crippen LogP contribution >= 0.6 is 0 Å². The number of nitrogens with one attached hydrogen (secondary N) is 1. The van der Waals surface area contributed by atoms with Gasteiger partial charge in [0.05, 0.1) is 32.6 Å². The molecular formula is C25H28N2O6. The van der Waals surface area contributed by atoms with Crippen LogP contribution in [0.25, 0.3) is 0 Å². The van der Waals surface area contributed by atoms with Crippen LogP contribution in [0.4, 0.5) is 0 Å². The van der Waals surface area contributed by atoms with Crippen molar-refractivity contribution in [2.75, 3.05) is 13.7 Å². The van der Waals surface area contributed by atoms with Crippen LogP contribution in [0.15, 0.2) is 47.1 Å². The summed E-state index contributed by atoms with van der Waals surface area (Å²) >= 11 is 0. The zero-order valence-corrected chi connectivity index (χ0v) is 19.4. The van der Waals surface area contributed by atoms with Crippen LogP contribution in [-0.4, -0.2) is 47.3 Å². The number of rotatable bonds is 9. The van der Waals surface area contributed by atoms with E-state index in [-0.39, 0.29) is 30.5 Å². The van der Waals surface area contributed by atoms with Gasteiger partial charge in [-0.1, -0.05) is 0 Å². The van der Waals surface area contributed by atoms with Crippen molar-refractivity contribution in [3.05, 3.63) is 76.5 Å². The van der Waals surface area contributed by atoms with Gasteiger partial charge in [-0.05, 0) is 69.7 Å². The van der Waals surface area contributed by atoms with E-state index in [1.165, 1.54) is 11.2 Å². The van der Waals surface area contributed by atoms with Crippen LogP contribution in [0.5, 0.6) is 5.75 Å². The highest BCUT2D eigenvalue weighted by Crippen LogP contribution is 2.24. The molecule has 0 spiro atoms. The van der Waals surface area contributed by atoms with Crippen molar-refractivity contribution in [2.45, 2.75) is 40.3 Å². The van der Waals surface area contributed by atoms with Gasteiger partial charge in [-0.2, -0.15) is 0 Å². The maximum Gasteiger partial charge on any atom is 0.355 e. The van der Waals surface area contributed by atoms with Crippen LogP contribution < -0.4 is 4.74 Å². The smallest absolute Gasteiger partial charge is 0.355 e. The molecule has 0 radical (unpaired) electrons. The molecule has 0 aliphatic heterocycles. The largest absolute Gasteiger partial charge is 0.497 e. The molecule has 0 unspecified atom stereocenters. The van der Waals surface area contributed by atoms with Gasteiger partial charge in [0.25, 0.3) is 5.91 Å². The number of aryl methyl sites for hydroxylation is 1. The van der Waals surface area contributed by atoms with Gasteiger partial charge in [0.1, 0.15) is 17.2 Å². The lowest BCUT2D eigenvalue weighted by Gasteiger charge is -2.28. The minimum Gasteiger partial charge on any atom is -0.497 e. The van der Waals surface area contributed by atoms with Gasteiger partial charge in [0.15, 0.2) is 5.78 Å². The molecule has 3 aromatic rings. The number of methoxy groups -OCH3 is 1. The number of aromatic amines is 1. The quantitative estimate of drug-likeness (QED) is 0.383. The van der Waals surface area contributed by atoms with Crippen molar-refractivity contribution < 1.29 is 28.3 Å². The van der Waals surface area contributed by atoms with Crippen LogP contribution in [0.3, 0.4) is 0 Å². The number of amides is 1. The molecule has 0 aliphatic carbocycles. The van der Waals surface area contributed by atoms with Crippen LogP contribution in [-0.2, 0) is 11.3 Å². The molecule has 2 heterocycles. The van der Waals surface area contributed by atoms with Crippen molar-refractivity contribution >= 4 is 17.7 Å². The summed E-state index contributed by atoms with van der Waals surface area (Å²) in [6.07, 6.45) is 1.52. The van der Waals surface area contributed by atoms with Gasteiger partial charge in [0, 0.05) is 16.8 Å². The van der Waals surface area contributed by atoms with E-state index >= 15 is 0 Å². The molecular weight excluding hydrogens is 424 g/mol. The number of H-pyrrole nitrogens is 1. The third-order valence-corrected chi connectivity index (χ3v) is 5.51. The normalized spacial score (nSPS) is 11.7. The third-order valence-electron chi connectivity index (χ3n) is 5.51. The summed E-state index contributed by atoms with van der Waals surface area (Å²) in [5.74, 6) is 0.0349. The number of Topliss-reactive ketones (excluding diaryl/α,β-unsaturated/α-hetero) is 1. The second-order valence-electron chi connectivity index (χ2n) is 7.63. The van der Waals surface area contributed by atoms with Crippen molar-refractivity contribution in [2.24, 2.45) is 0 Å². The lowest BCUT2D eigenvalue weighted by Crippen LogP contribution is -2.43. The zero-order chi connectivity index (χ0) is 24.1. The molecule has 1 aromatic carbocycles. The number of esters is 1. The first-order valence-electron chi connectivity index (χ1n) is 10.7. The molecule has 1 amide bonds. The van der Waals surface area contributed by atoms with E-state index in [4.69, 9.17) is 13.9 Å². The van der Waals surface area contributed by atoms with E-state index in [0.29, 0.717) is 33.9 Å². The van der Waals surface area contributed by atoms with Gasteiger partial charge >= 0.3 is 5.97 Å². The minimum atomic E-state index is -0.826. The number of aromatic nitrogens is 1. The fourth-order valence-electron chi connectivity index (χ4n) is 3.73. The first-order chi connectivity index (χ1) is 15.8. The Morgan fingerprint density at radius 3 is 2.39 bits per heavy atom. The average Bonchev–Trinajstić information content (AvgIpc) is 3.43.